The standard InChI is InChI=1S/C22H26ClN3O3/c1-16(22(27)24-13-17-5-6-20-21(12-17)29-15-28-20)26-9-7-25(8-10-26)14-18-3-2-4-19(23)11-18/h2-6,11-12,16H,7-10,13-15H2,1H3,(H,24,27)/p+2/t16-/m0/s1. The highest BCUT2D eigenvalue weighted by Crippen LogP contribution is 2.32. The summed E-state index contributed by atoms with van der Waals surface area (Å²) in [7, 11) is 0. The fraction of sp³-hybridized carbons (Fsp3) is 0.409. The minimum Gasteiger partial charge on any atom is -0.454 e. The molecular formula is C22H28ClN3O3+2. The first-order chi connectivity index (χ1) is 14.1. The van der Waals surface area contributed by atoms with Crippen molar-refractivity contribution in [3.63, 3.8) is 0 Å². The van der Waals surface area contributed by atoms with E-state index < -0.39 is 0 Å². The fourth-order valence-corrected chi connectivity index (χ4v) is 4.26. The maximum atomic E-state index is 12.7. The number of rotatable bonds is 6. The minimum atomic E-state index is -0.0586. The quantitative estimate of drug-likeness (QED) is 0.623. The molecule has 2 aliphatic heterocycles. The molecule has 1 amide bonds. The summed E-state index contributed by atoms with van der Waals surface area (Å²) in [5.74, 6) is 1.60. The van der Waals surface area contributed by atoms with E-state index in [1.54, 1.807) is 4.90 Å². The topological polar surface area (TPSA) is 56.4 Å². The Hall–Kier alpha value is -2.28. The first-order valence-corrected chi connectivity index (χ1v) is 10.5. The van der Waals surface area contributed by atoms with Crippen LogP contribution in [0.1, 0.15) is 18.1 Å². The van der Waals surface area contributed by atoms with E-state index in [0.29, 0.717) is 6.54 Å². The van der Waals surface area contributed by atoms with Crippen LogP contribution in [0.4, 0.5) is 0 Å². The van der Waals surface area contributed by atoms with Crippen LogP contribution in [-0.4, -0.2) is 44.9 Å². The van der Waals surface area contributed by atoms with Gasteiger partial charge in [-0.2, -0.15) is 0 Å². The predicted octanol–water partition coefficient (Wildman–Crippen LogP) is 0.0570. The van der Waals surface area contributed by atoms with E-state index in [9.17, 15) is 4.79 Å². The zero-order valence-electron chi connectivity index (χ0n) is 16.7. The Labute approximate surface area is 176 Å². The normalized spacial score (nSPS) is 21.6. The third kappa shape index (κ3) is 5.01. The van der Waals surface area contributed by atoms with Crippen LogP contribution in [0, 0.1) is 0 Å². The van der Waals surface area contributed by atoms with Gasteiger partial charge in [0.05, 0.1) is 0 Å². The number of quaternary nitrogens is 2. The third-order valence-corrected chi connectivity index (χ3v) is 6.09. The highest BCUT2D eigenvalue weighted by molar-refractivity contribution is 6.30. The molecule has 2 aromatic carbocycles. The lowest BCUT2D eigenvalue weighted by Crippen LogP contribution is -3.29. The average molecular weight is 418 g/mol. The molecule has 154 valence electrons. The molecule has 1 atom stereocenters. The van der Waals surface area contributed by atoms with Gasteiger partial charge in [0.25, 0.3) is 5.91 Å². The molecule has 29 heavy (non-hydrogen) atoms. The van der Waals surface area contributed by atoms with Crippen LogP contribution in [0.5, 0.6) is 11.5 Å². The predicted molar refractivity (Wildman–Crippen MR) is 110 cm³/mol. The number of ether oxygens (including phenoxy) is 2. The third-order valence-electron chi connectivity index (χ3n) is 5.85. The van der Waals surface area contributed by atoms with Crippen molar-refractivity contribution in [2.24, 2.45) is 0 Å². The Kier molecular flexibility index (Phi) is 6.23. The summed E-state index contributed by atoms with van der Waals surface area (Å²) in [6.07, 6.45) is 0. The van der Waals surface area contributed by atoms with Crippen molar-refractivity contribution < 1.29 is 24.1 Å². The summed E-state index contributed by atoms with van der Waals surface area (Å²) in [5.41, 5.74) is 2.28. The summed E-state index contributed by atoms with van der Waals surface area (Å²) >= 11 is 6.09. The van der Waals surface area contributed by atoms with Gasteiger partial charge >= 0.3 is 0 Å². The lowest BCUT2D eigenvalue weighted by Gasteiger charge is -2.32. The van der Waals surface area contributed by atoms with Crippen molar-refractivity contribution in [3.8, 4) is 11.5 Å². The van der Waals surface area contributed by atoms with Crippen LogP contribution >= 0.6 is 11.6 Å². The number of amides is 1. The number of hydrogen-bond donors (Lipinski definition) is 3. The van der Waals surface area contributed by atoms with Crippen LogP contribution in [-0.2, 0) is 17.9 Å². The van der Waals surface area contributed by atoms with Crippen LogP contribution < -0.4 is 24.6 Å². The molecule has 3 N–H and O–H groups in total. The number of carbonyl (C=O) groups is 1. The first kappa shape index (κ1) is 20.0. The van der Waals surface area contributed by atoms with Gasteiger partial charge in [-0.05, 0) is 36.8 Å². The maximum Gasteiger partial charge on any atom is 0.278 e. The first-order valence-electron chi connectivity index (χ1n) is 10.2. The summed E-state index contributed by atoms with van der Waals surface area (Å²) in [6, 6.07) is 13.8. The average Bonchev–Trinajstić information content (AvgIpc) is 3.20. The van der Waals surface area contributed by atoms with Crippen LogP contribution in [0.15, 0.2) is 42.5 Å². The van der Waals surface area contributed by atoms with E-state index >= 15 is 0 Å². The second-order valence-corrected chi connectivity index (χ2v) is 8.28. The molecule has 0 saturated carbocycles. The molecule has 1 fully saturated rings. The highest BCUT2D eigenvalue weighted by atomic mass is 35.5. The van der Waals surface area contributed by atoms with E-state index in [0.717, 1.165) is 54.8 Å². The number of carbonyl (C=O) groups excluding carboxylic acids is 1. The van der Waals surface area contributed by atoms with Gasteiger partial charge in [-0.1, -0.05) is 29.8 Å². The Morgan fingerprint density at radius 2 is 1.86 bits per heavy atom. The second kappa shape index (κ2) is 9.03. The number of benzene rings is 2. The highest BCUT2D eigenvalue weighted by Gasteiger charge is 2.31. The zero-order valence-corrected chi connectivity index (χ0v) is 17.4. The second-order valence-electron chi connectivity index (χ2n) is 7.84. The number of halogens is 1. The molecule has 6 nitrogen and oxygen atoms in total. The van der Waals surface area contributed by atoms with Crippen molar-refractivity contribution in [1.29, 1.82) is 0 Å². The SMILES string of the molecule is C[C@@H](C(=O)NCc1ccc2c(c1)OCO2)[NH+]1CC[NH+](Cc2cccc(Cl)c2)CC1. The summed E-state index contributed by atoms with van der Waals surface area (Å²) in [5, 5.41) is 3.86. The van der Waals surface area contributed by atoms with Crippen molar-refractivity contribution in [1.82, 2.24) is 5.32 Å². The largest absolute Gasteiger partial charge is 0.454 e. The lowest BCUT2D eigenvalue weighted by atomic mass is 10.1. The van der Waals surface area contributed by atoms with E-state index in [1.807, 2.05) is 43.3 Å². The van der Waals surface area contributed by atoms with Crippen LogP contribution in [0.3, 0.4) is 0 Å². The summed E-state index contributed by atoms with van der Waals surface area (Å²) in [6.45, 7) is 7.87. The monoisotopic (exact) mass is 417 g/mol. The number of nitrogens with one attached hydrogen (secondary N) is 3. The van der Waals surface area contributed by atoms with Crippen molar-refractivity contribution in [2.45, 2.75) is 26.1 Å². The van der Waals surface area contributed by atoms with Crippen LogP contribution in [0.2, 0.25) is 5.02 Å². The molecule has 1 saturated heterocycles. The molecule has 0 spiro atoms. The number of hydrogen-bond acceptors (Lipinski definition) is 3. The minimum absolute atomic E-state index is 0.0586. The molecule has 2 aliphatic rings. The van der Waals surface area contributed by atoms with Gasteiger partial charge < -0.3 is 24.6 Å². The van der Waals surface area contributed by atoms with E-state index in [4.69, 9.17) is 21.1 Å². The van der Waals surface area contributed by atoms with Crippen molar-refractivity contribution in [3.05, 3.63) is 58.6 Å². The molecule has 2 heterocycles. The number of piperazine rings is 1. The molecule has 0 unspecified atom stereocenters. The molecule has 7 heteroatoms. The summed E-state index contributed by atoms with van der Waals surface area (Å²) < 4.78 is 10.7. The van der Waals surface area contributed by atoms with Gasteiger partial charge in [-0.15, -0.1) is 0 Å². The Balaban J connectivity index is 1.23. The van der Waals surface area contributed by atoms with Gasteiger partial charge in [0.2, 0.25) is 6.79 Å². The molecule has 0 bridgehead atoms. The van der Waals surface area contributed by atoms with E-state index in [2.05, 4.69) is 11.4 Å². The van der Waals surface area contributed by atoms with Crippen molar-refractivity contribution >= 4 is 17.5 Å². The Morgan fingerprint density at radius 1 is 1.07 bits per heavy atom. The molecule has 0 aromatic heterocycles. The Bertz CT molecular complexity index is 868. The van der Waals surface area contributed by atoms with E-state index in [-0.39, 0.29) is 18.7 Å². The maximum absolute atomic E-state index is 12.7. The lowest BCUT2D eigenvalue weighted by molar-refractivity contribution is -1.02. The fourth-order valence-electron chi connectivity index (χ4n) is 4.05. The van der Waals surface area contributed by atoms with E-state index in [1.165, 1.54) is 10.5 Å². The van der Waals surface area contributed by atoms with Gasteiger partial charge in [-0.25, -0.2) is 0 Å². The van der Waals surface area contributed by atoms with Gasteiger partial charge in [0, 0.05) is 17.1 Å². The molecule has 4 rings (SSSR count). The number of fused-ring (bicyclic) bond motifs is 1. The zero-order chi connectivity index (χ0) is 20.2. The van der Waals surface area contributed by atoms with Crippen LogP contribution in [0.25, 0.3) is 0 Å². The summed E-state index contributed by atoms with van der Waals surface area (Å²) in [4.78, 5) is 15.5. The van der Waals surface area contributed by atoms with Gasteiger partial charge in [-0.3, -0.25) is 4.79 Å². The van der Waals surface area contributed by atoms with Gasteiger partial charge in [0.1, 0.15) is 32.7 Å². The smallest absolute Gasteiger partial charge is 0.278 e. The molecule has 0 radical (unpaired) electrons. The van der Waals surface area contributed by atoms with Crippen molar-refractivity contribution in [2.75, 3.05) is 33.0 Å². The molecule has 2 aromatic rings. The Morgan fingerprint density at radius 3 is 2.66 bits per heavy atom. The van der Waals surface area contributed by atoms with Gasteiger partial charge in [0.15, 0.2) is 17.5 Å². The molecule has 0 aliphatic carbocycles. The molecular weight excluding hydrogens is 390 g/mol.